The van der Waals surface area contributed by atoms with Crippen LogP contribution in [0.5, 0.6) is 0 Å². The van der Waals surface area contributed by atoms with E-state index in [0.717, 1.165) is 6.42 Å². The van der Waals surface area contributed by atoms with Gasteiger partial charge < -0.3 is 0 Å². The number of hydrogen-bond acceptors (Lipinski definition) is 2. The Morgan fingerprint density at radius 1 is 1.33 bits per heavy atom. The molecule has 0 aliphatic carbocycles. The van der Waals surface area contributed by atoms with Crippen molar-refractivity contribution in [3.63, 3.8) is 0 Å². The van der Waals surface area contributed by atoms with Crippen LogP contribution < -0.4 is 0 Å². The van der Waals surface area contributed by atoms with E-state index in [9.17, 15) is 4.79 Å². The minimum atomic E-state index is -0.136. The second kappa shape index (κ2) is 5.55. The first kappa shape index (κ1) is 13.1. The number of nitrogens with zero attached hydrogens (tertiary/aromatic N) is 2. The Morgan fingerprint density at radius 3 is 2.78 bits per heavy atom. The standard InChI is InChI=1S/C13H12Cl2N2O/c1-2-7-17-12(5-6-16-17)13(18)10-4-3-9(14)8-11(10)15/h3-6,8H,2,7H2,1H3. The zero-order valence-corrected chi connectivity index (χ0v) is 11.4. The van der Waals surface area contributed by atoms with E-state index in [0.29, 0.717) is 27.8 Å². The lowest BCUT2D eigenvalue weighted by atomic mass is 10.1. The third-order valence-electron chi connectivity index (χ3n) is 2.56. The number of aryl methyl sites for hydroxylation is 1. The topological polar surface area (TPSA) is 34.9 Å². The van der Waals surface area contributed by atoms with Crippen LogP contribution in [0.1, 0.15) is 29.4 Å². The number of ketones is 1. The molecule has 0 aliphatic heterocycles. The molecule has 0 N–H and O–H groups in total. The molecule has 3 nitrogen and oxygen atoms in total. The van der Waals surface area contributed by atoms with Crippen LogP contribution in [0, 0.1) is 0 Å². The third-order valence-corrected chi connectivity index (χ3v) is 3.11. The molecule has 18 heavy (non-hydrogen) atoms. The van der Waals surface area contributed by atoms with Crippen LogP contribution in [0.15, 0.2) is 30.5 Å². The van der Waals surface area contributed by atoms with Gasteiger partial charge in [0.05, 0.1) is 5.02 Å². The van der Waals surface area contributed by atoms with Crippen LogP contribution >= 0.6 is 23.2 Å². The fourth-order valence-corrected chi connectivity index (χ4v) is 2.22. The maximum atomic E-state index is 12.3. The van der Waals surface area contributed by atoms with Crippen LogP contribution in [0.3, 0.4) is 0 Å². The van der Waals surface area contributed by atoms with Crippen molar-refractivity contribution < 1.29 is 4.79 Å². The number of halogens is 2. The van der Waals surface area contributed by atoms with E-state index in [4.69, 9.17) is 23.2 Å². The molecule has 0 radical (unpaired) electrons. The maximum Gasteiger partial charge on any atom is 0.212 e. The summed E-state index contributed by atoms with van der Waals surface area (Å²) in [6, 6.07) is 6.55. The number of aromatic nitrogens is 2. The number of benzene rings is 1. The molecule has 1 heterocycles. The van der Waals surface area contributed by atoms with Crippen LogP contribution in [-0.2, 0) is 6.54 Å². The Hall–Kier alpha value is -1.32. The highest BCUT2D eigenvalue weighted by Crippen LogP contribution is 2.23. The molecule has 0 saturated carbocycles. The van der Waals surface area contributed by atoms with Gasteiger partial charge in [-0.1, -0.05) is 30.1 Å². The van der Waals surface area contributed by atoms with Crippen molar-refractivity contribution in [2.24, 2.45) is 0 Å². The van der Waals surface area contributed by atoms with Gasteiger partial charge >= 0.3 is 0 Å². The highest BCUT2D eigenvalue weighted by molar-refractivity contribution is 6.37. The summed E-state index contributed by atoms with van der Waals surface area (Å²) in [5.41, 5.74) is 0.986. The number of rotatable bonds is 4. The summed E-state index contributed by atoms with van der Waals surface area (Å²) in [6.45, 7) is 2.74. The van der Waals surface area contributed by atoms with Gasteiger partial charge in [0.15, 0.2) is 0 Å². The van der Waals surface area contributed by atoms with Crippen LogP contribution in [0.4, 0.5) is 0 Å². The van der Waals surface area contributed by atoms with Gasteiger partial charge in [-0.15, -0.1) is 0 Å². The third kappa shape index (κ3) is 2.57. The molecular weight excluding hydrogens is 271 g/mol. The molecule has 0 atom stereocenters. The first-order valence-corrected chi connectivity index (χ1v) is 6.40. The summed E-state index contributed by atoms with van der Waals surface area (Å²) in [7, 11) is 0. The highest BCUT2D eigenvalue weighted by atomic mass is 35.5. The highest BCUT2D eigenvalue weighted by Gasteiger charge is 2.16. The van der Waals surface area contributed by atoms with Crippen molar-refractivity contribution in [3.8, 4) is 0 Å². The molecule has 2 aromatic rings. The second-order valence-corrected chi connectivity index (χ2v) is 4.74. The van der Waals surface area contributed by atoms with Crippen molar-refractivity contribution >= 4 is 29.0 Å². The van der Waals surface area contributed by atoms with Gasteiger partial charge in [0.25, 0.3) is 0 Å². The lowest BCUT2D eigenvalue weighted by Gasteiger charge is -2.06. The Balaban J connectivity index is 2.38. The van der Waals surface area contributed by atoms with Gasteiger partial charge in [-0.05, 0) is 30.7 Å². The predicted octanol–water partition coefficient (Wildman–Crippen LogP) is 3.83. The number of carbonyl (C=O) groups is 1. The smallest absolute Gasteiger partial charge is 0.212 e. The quantitative estimate of drug-likeness (QED) is 0.799. The zero-order valence-electron chi connectivity index (χ0n) is 9.86. The molecule has 0 saturated heterocycles. The summed E-state index contributed by atoms with van der Waals surface area (Å²) in [4.78, 5) is 12.3. The largest absolute Gasteiger partial charge is 0.287 e. The van der Waals surface area contributed by atoms with Crippen molar-refractivity contribution in [2.45, 2.75) is 19.9 Å². The van der Waals surface area contributed by atoms with E-state index >= 15 is 0 Å². The fourth-order valence-electron chi connectivity index (χ4n) is 1.73. The average Bonchev–Trinajstić information content (AvgIpc) is 2.77. The molecular formula is C13H12Cl2N2O. The summed E-state index contributed by atoms with van der Waals surface area (Å²) in [5, 5.41) is 5.00. The predicted molar refractivity (Wildman–Crippen MR) is 72.4 cm³/mol. The monoisotopic (exact) mass is 282 g/mol. The van der Waals surface area contributed by atoms with Gasteiger partial charge in [0, 0.05) is 23.3 Å². The summed E-state index contributed by atoms with van der Waals surface area (Å²) in [5.74, 6) is -0.136. The number of hydrogen-bond donors (Lipinski definition) is 0. The van der Waals surface area contributed by atoms with Gasteiger partial charge in [-0.25, -0.2) is 0 Å². The van der Waals surface area contributed by atoms with Gasteiger partial charge in [-0.3, -0.25) is 9.48 Å². The van der Waals surface area contributed by atoms with E-state index in [2.05, 4.69) is 5.10 Å². The summed E-state index contributed by atoms with van der Waals surface area (Å²) in [6.07, 6.45) is 2.53. The first-order valence-electron chi connectivity index (χ1n) is 5.65. The Morgan fingerprint density at radius 2 is 2.11 bits per heavy atom. The Bertz CT molecular complexity index is 578. The van der Waals surface area contributed by atoms with Crippen molar-refractivity contribution in [1.82, 2.24) is 9.78 Å². The maximum absolute atomic E-state index is 12.3. The average molecular weight is 283 g/mol. The lowest BCUT2D eigenvalue weighted by molar-refractivity contribution is 0.102. The summed E-state index contributed by atoms with van der Waals surface area (Å²) >= 11 is 11.8. The molecule has 0 bridgehead atoms. The molecule has 0 aliphatic rings. The minimum absolute atomic E-state index is 0.136. The normalized spacial score (nSPS) is 10.6. The van der Waals surface area contributed by atoms with Crippen molar-refractivity contribution in [3.05, 3.63) is 51.8 Å². The van der Waals surface area contributed by atoms with Gasteiger partial charge in [0.1, 0.15) is 5.69 Å². The van der Waals surface area contributed by atoms with Gasteiger partial charge in [0.2, 0.25) is 5.78 Å². The first-order chi connectivity index (χ1) is 8.63. The zero-order chi connectivity index (χ0) is 13.1. The summed E-state index contributed by atoms with van der Waals surface area (Å²) < 4.78 is 1.69. The van der Waals surface area contributed by atoms with E-state index in [1.807, 2.05) is 6.92 Å². The SMILES string of the molecule is CCCn1nccc1C(=O)c1ccc(Cl)cc1Cl. The van der Waals surface area contributed by atoms with E-state index in [1.54, 1.807) is 35.1 Å². The molecule has 5 heteroatoms. The minimum Gasteiger partial charge on any atom is -0.287 e. The molecule has 1 aromatic heterocycles. The Kier molecular flexibility index (Phi) is 4.04. The van der Waals surface area contributed by atoms with E-state index < -0.39 is 0 Å². The second-order valence-electron chi connectivity index (χ2n) is 3.89. The van der Waals surface area contributed by atoms with Crippen LogP contribution in [0.25, 0.3) is 0 Å². The molecule has 0 unspecified atom stereocenters. The fraction of sp³-hybridized carbons (Fsp3) is 0.231. The molecule has 0 spiro atoms. The molecule has 94 valence electrons. The van der Waals surface area contributed by atoms with E-state index in [1.165, 1.54) is 0 Å². The van der Waals surface area contributed by atoms with Crippen molar-refractivity contribution in [2.75, 3.05) is 0 Å². The van der Waals surface area contributed by atoms with Crippen LogP contribution in [-0.4, -0.2) is 15.6 Å². The van der Waals surface area contributed by atoms with Crippen molar-refractivity contribution in [1.29, 1.82) is 0 Å². The number of carbonyl (C=O) groups excluding carboxylic acids is 1. The molecule has 0 amide bonds. The molecule has 2 rings (SSSR count). The van der Waals surface area contributed by atoms with E-state index in [-0.39, 0.29) is 5.78 Å². The molecule has 1 aromatic carbocycles. The Labute approximate surface area is 115 Å². The lowest BCUT2D eigenvalue weighted by Crippen LogP contribution is -2.11. The molecule has 0 fully saturated rings. The van der Waals surface area contributed by atoms with Gasteiger partial charge in [-0.2, -0.15) is 5.10 Å². The van der Waals surface area contributed by atoms with Crippen LogP contribution in [0.2, 0.25) is 10.0 Å².